The van der Waals surface area contributed by atoms with Crippen LogP contribution in [0.3, 0.4) is 0 Å². The first-order valence-electron chi connectivity index (χ1n) is 7.32. The van der Waals surface area contributed by atoms with Crippen molar-refractivity contribution in [3.05, 3.63) is 65.7 Å². The number of carboxylic acid groups (broad SMARTS) is 1. The maximum absolute atomic E-state index is 11.4. The summed E-state index contributed by atoms with van der Waals surface area (Å²) in [6.07, 6.45) is -0.824. The predicted molar refractivity (Wildman–Crippen MR) is 81.8 cm³/mol. The standard InChI is InChI=1S/C18H16O5/c19-16-10-15(18(20)21)17(23-16)13-6-8-14(9-7-13)22-11-12-4-2-1-3-5-12/h1-9,15,17H,10-11H2,(H,20,21)/t15-,17-/m0/s1. The third-order valence-corrected chi connectivity index (χ3v) is 3.78. The van der Waals surface area contributed by atoms with E-state index in [4.69, 9.17) is 9.47 Å². The third-order valence-electron chi connectivity index (χ3n) is 3.78. The van der Waals surface area contributed by atoms with E-state index in [1.807, 2.05) is 30.3 Å². The molecule has 0 aromatic heterocycles. The van der Waals surface area contributed by atoms with Gasteiger partial charge in [-0.25, -0.2) is 0 Å². The Morgan fingerprint density at radius 3 is 2.48 bits per heavy atom. The lowest BCUT2D eigenvalue weighted by molar-refractivity contribution is -0.144. The van der Waals surface area contributed by atoms with E-state index in [2.05, 4.69) is 0 Å². The van der Waals surface area contributed by atoms with Crippen LogP contribution in [0, 0.1) is 5.92 Å². The summed E-state index contributed by atoms with van der Waals surface area (Å²) in [6, 6.07) is 16.8. The van der Waals surface area contributed by atoms with E-state index in [1.54, 1.807) is 24.3 Å². The monoisotopic (exact) mass is 312 g/mol. The first kappa shape index (κ1) is 15.1. The second kappa shape index (κ2) is 6.52. The molecule has 0 bridgehead atoms. The van der Waals surface area contributed by atoms with Crippen LogP contribution in [0.5, 0.6) is 5.75 Å². The Labute approximate surface area is 133 Å². The van der Waals surface area contributed by atoms with Crippen LogP contribution in [-0.4, -0.2) is 17.0 Å². The number of ether oxygens (including phenoxy) is 2. The Morgan fingerprint density at radius 1 is 1.13 bits per heavy atom. The summed E-state index contributed by atoms with van der Waals surface area (Å²) in [7, 11) is 0. The Bertz CT molecular complexity index is 693. The van der Waals surface area contributed by atoms with Crippen molar-refractivity contribution >= 4 is 11.9 Å². The van der Waals surface area contributed by atoms with Crippen molar-refractivity contribution < 1.29 is 24.2 Å². The zero-order chi connectivity index (χ0) is 16.2. The van der Waals surface area contributed by atoms with Crippen molar-refractivity contribution in [1.82, 2.24) is 0 Å². The van der Waals surface area contributed by atoms with Gasteiger partial charge in [0.05, 0.1) is 6.42 Å². The fourth-order valence-corrected chi connectivity index (χ4v) is 2.57. The lowest BCUT2D eigenvalue weighted by atomic mass is 9.95. The van der Waals surface area contributed by atoms with Gasteiger partial charge in [-0.3, -0.25) is 9.59 Å². The SMILES string of the molecule is O=C1C[C@H](C(=O)O)[C@H](c2ccc(OCc3ccccc3)cc2)O1. The molecule has 1 heterocycles. The molecule has 1 aliphatic rings. The maximum Gasteiger partial charge on any atom is 0.311 e. The molecule has 2 aromatic carbocycles. The van der Waals surface area contributed by atoms with Crippen LogP contribution in [0.2, 0.25) is 0 Å². The van der Waals surface area contributed by atoms with Crippen LogP contribution in [0.25, 0.3) is 0 Å². The number of carbonyl (C=O) groups is 2. The maximum atomic E-state index is 11.4. The number of hydrogen-bond donors (Lipinski definition) is 1. The molecule has 0 radical (unpaired) electrons. The number of rotatable bonds is 5. The highest BCUT2D eigenvalue weighted by atomic mass is 16.6. The zero-order valence-corrected chi connectivity index (χ0v) is 12.3. The van der Waals surface area contributed by atoms with Gasteiger partial charge in [0.15, 0.2) is 0 Å². The Hall–Kier alpha value is -2.82. The average Bonchev–Trinajstić information content (AvgIpc) is 2.97. The van der Waals surface area contributed by atoms with Crippen molar-refractivity contribution in [1.29, 1.82) is 0 Å². The largest absolute Gasteiger partial charge is 0.489 e. The zero-order valence-electron chi connectivity index (χ0n) is 12.3. The second-order valence-electron chi connectivity index (χ2n) is 5.40. The first-order chi connectivity index (χ1) is 11.1. The third kappa shape index (κ3) is 3.51. The topological polar surface area (TPSA) is 72.8 Å². The summed E-state index contributed by atoms with van der Waals surface area (Å²) in [5.41, 5.74) is 1.72. The summed E-state index contributed by atoms with van der Waals surface area (Å²) in [6.45, 7) is 0.455. The van der Waals surface area contributed by atoms with Crippen LogP contribution >= 0.6 is 0 Å². The molecule has 0 unspecified atom stereocenters. The quantitative estimate of drug-likeness (QED) is 0.859. The normalized spacial score (nSPS) is 20.1. The predicted octanol–water partition coefficient (Wildman–Crippen LogP) is 2.95. The van der Waals surface area contributed by atoms with Gasteiger partial charge in [0.2, 0.25) is 0 Å². The molecule has 2 aromatic rings. The lowest BCUT2D eigenvalue weighted by Crippen LogP contribution is -2.17. The minimum absolute atomic E-state index is 0.0910. The van der Waals surface area contributed by atoms with Gasteiger partial charge in [-0.1, -0.05) is 42.5 Å². The van der Waals surface area contributed by atoms with Gasteiger partial charge >= 0.3 is 11.9 Å². The smallest absolute Gasteiger partial charge is 0.311 e. The van der Waals surface area contributed by atoms with Crippen LogP contribution in [-0.2, 0) is 20.9 Å². The van der Waals surface area contributed by atoms with Crippen molar-refractivity contribution in [3.8, 4) is 5.75 Å². The molecule has 0 saturated carbocycles. The molecule has 0 spiro atoms. The van der Waals surface area contributed by atoms with Crippen LogP contribution in [0.1, 0.15) is 23.7 Å². The number of carbonyl (C=O) groups excluding carboxylic acids is 1. The van der Waals surface area contributed by atoms with Gasteiger partial charge in [-0.2, -0.15) is 0 Å². The molecule has 5 heteroatoms. The van der Waals surface area contributed by atoms with Gasteiger partial charge in [0.1, 0.15) is 24.4 Å². The minimum atomic E-state index is -1.02. The van der Waals surface area contributed by atoms with Gasteiger partial charge in [-0.15, -0.1) is 0 Å². The number of carboxylic acids is 1. The van der Waals surface area contributed by atoms with Crippen LogP contribution in [0.4, 0.5) is 0 Å². The van der Waals surface area contributed by atoms with E-state index in [-0.39, 0.29) is 6.42 Å². The van der Waals surface area contributed by atoms with Crippen molar-refractivity contribution in [2.45, 2.75) is 19.1 Å². The first-order valence-corrected chi connectivity index (χ1v) is 7.32. The van der Waals surface area contributed by atoms with Crippen molar-refractivity contribution in [2.24, 2.45) is 5.92 Å². The molecule has 3 rings (SSSR count). The molecule has 2 atom stereocenters. The van der Waals surface area contributed by atoms with Crippen LogP contribution < -0.4 is 4.74 Å². The van der Waals surface area contributed by atoms with Gasteiger partial charge in [-0.05, 0) is 23.3 Å². The number of aliphatic carboxylic acids is 1. The molecule has 1 saturated heterocycles. The molecular formula is C18H16O5. The Morgan fingerprint density at radius 2 is 1.83 bits per heavy atom. The molecule has 0 aliphatic carbocycles. The highest BCUT2D eigenvalue weighted by Crippen LogP contribution is 2.36. The number of hydrogen-bond acceptors (Lipinski definition) is 4. The Kier molecular flexibility index (Phi) is 4.28. The second-order valence-corrected chi connectivity index (χ2v) is 5.40. The van der Waals surface area contributed by atoms with E-state index in [0.717, 1.165) is 5.56 Å². The molecule has 1 N–H and O–H groups in total. The fourth-order valence-electron chi connectivity index (χ4n) is 2.57. The number of benzene rings is 2. The van der Waals surface area contributed by atoms with Gasteiger partial charge in [0.25, 0.3) is 0 Å². The molecule has 118 valence electrons. The molecule has 23 heavy (non-hydrogen) atoms. The molecule has 1 fully saturated rings. The average molecular weight is 312 g/mol. The van der Waals surface area contributed by atoms with E-state index < -0.39 is 24.0 Å². The van der Waals surface area contributed by atoms with E-state index in [1.165, 1.54) is 0 Å². The van der Waals surface area contributed by atoms with Crippen molar-refractivity contribution in [3.63, 3.8) is 0 Å². The van der Waals surface area contributed by atoms with E-state index in [0.29, 0.717) is 17.9 Å². The highest BCUT2D eigenvalue weighted by molar-refractivity contribution is 5.82. The summed E-state index contributed by atoms with van der Waals surface area (Å²) in [5.74, 6) is -1.66. The summed E-state index contributed by atoms with van der Waals surface area (Å²) < 4.78 is 10.8. The number of esters is 1. The Balaban J connectivity index is 1.67. The highest BCUT2D eigenvalue weighted by Gasteiger charge is 2.40. The number of cyclic esters (lactones) is 1. The van der Waals surface area contributed by atoms with Gasteiger partial charge in [0, 0.05) is 0 Å². The molecule has 5 nitrogen and oxygen atoms in total. The van der Waals surface area contributed by atoms with Gasteiger partial charge < -0.3 is 14.6 Å². The van der Waals surface area contributed by atoms with Crippen LogP contribution in [0.15, 0.2) is 54.6 Å². The fraction of sp³-hybridized carbons (Fsp3) is 0.222. The summed E-state index contributed by atoms with van der Waals surface area (Å²) in [4.78, 5) is 22.6. The summed E-state index contributed by atoms with van der Waals surface area (Å²) in [5, 5.41) is 9.17. The van der Waals surface area contributed by atoms with E-state index >= 15 is 0 Å². The molecule has 1 aliphatic heterocycles. The van der Waals surface area contributed by atoms with Crippen molar-refractivity contribution in [2.75, 3.05) is 0 Å². The minimum Gasteiger partial charge on any atom is -0.489 e. The molecular weight excluding hydrogens is 296 g/mol. The molecule has 0 amide bonds. The lowest BCUT2D eigenvalue weighted by Gasteiger charge is -2.15. The van der Waals surface area contributed by atoms with E-state index in [9.17, 15) is 14.7 Å². The summed E-state index contributed by atoms with van der Waals surface area (Å²) >= 11 is 0.